The molecular weight excluding hydrogens is 225 g/mol. The molecule has 0 radical (unpaired) electrons. The van der Waals surface area contributed by atoms with E-state index in [0.717, 1.165) is 11.6 Å². The predicted octanol–water partition coefficient (Wildman–Crippen LogP) is 1.82. The standard InChI is InChI=1S/C11H10FN3O2/c1-6-5-13-15-10(6)14-11(17)8-3-2-7(16)4-9(8)12/h2-5,16H,1H3,(H2,13,14,15,17). The Hall–Kier alpha value is -2.37. The van der Waals surface area contributed by atoms with Crippen molar-refractivity contribution in [2.24, 2.45) is 0 Å². The quantitative estimate of drug-likeness (QED) is 0.742. The second-order valence-corrected chi connectivity index (χ2v) is 3.55. The summed E-state index contributed by atoms with van der Waals surface area (Å²) in [6.07, 6.45) is 1.54. The van der Waals surface area contributed by atoms with Gasteiger partial charge in [0.15, 0.2) is 0 Å². The monoisotopic (exact) mass is 235 g/mol. The van der Waals surface area contributed by atoms with Gasteiger partial charge in [-0.15, -0.1) is 0 Å². The number of amides is 1. The number of H-pyrrole nitrogens is 1. The zero-order valence-electron chi connectivity index (χ0n) is 8.99. The van der Waals surface area contributed by atoms with E-state index in [-0.39, 0.29) is 11.3 Å². The Kier molecular flexibility index (Phi) is 2.78. The SMILES string of the molecule is Cc1cn[nH]c1NC(=O)c1ccc(O)cc1F. The molecule has 0 spiro atoms. The minimum Gasteiger partial charge on any atom is -0.508 e. The number of hydrogen-bond acceptors (Lipinski definition) is 3. The van der Waals surface area contributed by atoms with E-state index in [4.69, 9.17) is 5.11 Å². The minimum atomic E-state index is -0.778. The van der Waals surface area contributed by atoms with Crippen molar-refractivity contribution in [2.45, 2.75) is 6.92 Å². The van der Waals surface area contributed by atoms with Crippen LogP contribution >= 0.6 is 0 Å². The first-order valence-corrected chi connectivity index (χ1v) is 4.88. The summed E-state index contributed by atoms with van der Waals surface area (Å²) < 4.78 is 13.4. The molecule has 0 unspecified atom stereocenters. The lowest BCUT2D eigenvalue weighted by Gasteiger charge is -2.05. The van der Waals surface area contributed by atoms with Crippen LogP contribution in [-0.2, 0) is 0 Å². The summed E-state index contributed by atoms with van der Waals surface area (Å²) in [4.78, 5) is 11.7. The van der Waals surface area contributed by atoms with Gasteiger partial charge in [-0.1, -0.05) is 0 Å². The van der Waals surface area contributed by atoms with Gasteiger partial charge < -0.3 is 10.4 Å². The Morgan fingerprint density at radius 2 is 2.29 bits per heavy atom. The molecule has 1 aromatic heterocycles. The fraction of sp³-hybridized carbons (Fsp3) is 0.0909. The number of aromatic hydroxyl groups is 1. The molecule has 2 rings (SSSR count). The van der Waals surface area contributed by atoms with E-state index in [9.17, 15) is 9.18 Å². The van der Waals surface area contributed by atoms with Crippen molar-refractivity contribution in [1.29, 1.82) is 0 Å². The van der Waals surface area contributed by atoms with Crippen molar-refractivity contribution in [3.8, 4) is 5.75 Å². The molecule has 5 nitrogen and oxygen atoms in total. The van der Waals surface area contributed by atoms with Crippen molar-refractivity contribution in [3.63, 3.8) is 0 Å². The topological polar surface area (TPSA) is 78.0 Å². The number of carbonyl (C=O) groups excluding carboxylic acids is 1. The molecule has 1 aromatic carbocycles. The number of halogens is 1. The normalized spacial score (nSPS) is 10.2. The molecule has 88 valence electrons. The van der Waals surface area contributed by atoms with Crippen LogP contribution in [0.2, 0.25) is 0 Å². The van der Waals surface area contributed by atoms with Gasteiger partial charge in [-0.05, 0) is 19.1 Å². The lowest BCUT2D eigenvalue weighted by atomic mass is 10.2. The summed E-state index contributed by atoms with van der Waals surface area (Å²) in [5, 5.41) is 17.8. The summed E-state index contributed by atoms with van der Waals surface area (Å²) in [5.74, 6) is -1.19. The maximum atomic E-state index is 13.4. The van der Waals surface area contributed by atoms with Crippen LogP contribution in [0.5, 0.6) is 5.75 Å². The highest BCUT2D eigenvalue weighted by molar-refractivity contribution is 6.04. The van der Waals surface area contributed by atoms with Gasteiger partial charge >= 0.3 is 0 Å². The molecule has 0 aliphatic carbocycles. The first kappa shape index (κ1) is 11.1. The van der Waals surface area contributed by atoms with Crippen LogP contribution in [-0.4, -0.2) is 21.2 Å². The largest absolute Gasteiger partial charge is 0.508 e. The van der Waals surface area contributed by atoms with E-state index >= 15 is 0 Å². The Bertz CT molecular complexity index is 566. The number of nitrogens with zero attached hydrogens (tertiary/aromatic N) is 1. The van der Waals surface area contributed by atoms with E-state index < -0.39 is 11.7 Å². The smallest absolute Gasteiger partial charge is 0.259 e. The Balaban J connectivity index is 2.23. The number of carbonyl (C=O) groups is 1. The molecule has 1 amide bonds. The lowest BCUT2D eigenvalue weighted by Crippen LogP contribution is -2.14. The summed E-state index contributed by atoms with van der Waals surface area (Å²) in [5.41, 5.74) is 0.606. The fourth-order valence-electron chi connectivity index (χ4n) is 1.34. The number of aromatic amines is 1. The third kappa shape index (κ3) is 2.25. The highest BCUT2D eigenvalue weighted by Crippen LogP contribution is 2.17. The number of benzene rings is 1. The highest BCUT2D eigenvalue weighted by Gasteiger charge is 2.13. The van der Waals surface area contributed by atoms with Crippen LogP contribution < -0.4 is 5.32 Å². The number of phenols is 1. The molecule has 3 N–H and O–H groups in total. The molecule has 0 aliphatic heterocycles. The molecule has 0 bridgehead atoms. The number of hydrogen-bond donors (Lipinski definition) is 3. The van der Waals surface area contributed by atoms with Crippen LogP contribution in [0.3, 0.4) is 0 Å². The number of rotatable bonds is 2. The molecule has 0 fully saturated rings. The third-order valence-electron chi connectivity index (χ3n) is 2.26. The van der Waals surface area contributed by atoms with Crippen molar-refractivity contribution in [3.05, 3.63) is 41.3 Å². The Morgan fingerprint density at radius 3 is 2.88 bits per heavy atom. The van der Waals surface area contributed by atoms with Crippen molar-refractivity contribution in [2.75, 3.05) is 5.32 Å². The summed E-state index contributed by atoms with van der Waals surface area (Å²) in [6, 6.07) is 3.35. The molecule has 2 aromatic rings. The van der Waals surface area contributed by atoms with Crippen LogP contribution in [0.1, 0.15) is 15.9 Å². The molecule has 1 heterocycles. The van der Waals surface area contributed by atoms with Gasteiger partial charge in [0.1, 0.15) is 17.4 Å². The molecule has 0 saturated carbocycles. The zero-order valence-corrected chi connectivity index (χ0v) is 8.99. The second kappa shape index (κ2) is 4.25. The van der Waals surface area contributed by atoms with Crippen molar-refractivity contribution in [1.82, 2.24) is 10.2 Å². The first-order valence-electron chi connectivity index (χ1n) is 4.88. The minimum absolute atomic E-state index is 0.142. The van der Waals surface area contributed by atoms with Gasteiger partial charge in [-0.25, -0.2) is 4.39 Å². The first-order chi connectivity index (χ1) is 8.08. The van der Waals surface area contributed by atoms with E-state index in [1.165, 1.54) is 12.1 Å². The maximum absolute atomic E-state index is 13.4. The predicted molar refractivity (Wildman–Crippen MR) is 59.3 cm³/mol. The summed E-state index contributed by atoms with van der Waals surface area (Å²) in [6.45, 7) is 1.76. The van der Waals surface area contributed by atoms with E-state index in [2.05, 4.69) is 15.5 Å². The van der Waals surface area contributed by atoms with Crippen LogP contribution in [0, 0.1) is 12.7 Å². The number of aromatic nitrogens is 2. The fourth-order valence-corrected chi connectivity index (χ4v) is 1.34. The highest BCUT2D eigenvalue weighted by atomic mass is 19.1. The molecule has 0 aliphatic rings. The number of phenolic OH excluding ortho intramolecular Hbond substituents is 1. The molecule has 6 heteroatoms. The summed E-state index contributed by atoms with van der Waals surface area (Å²) >= 11 is 0. The third-order valence-corrected chi connectivity index (χ3v) is 2.26. The van der Waals surface area contributed by atoms with Gasteiger partial charge in [-0.3, -0.25) is 9.89 Å². The maximum Gasteiger partial charge on any atom is 0.259 e. The number of nitrogens with one attached hydrogen (secondary N) is 2. The second-order valence-electron chi connectivity index (χ2n) is 3.55. The molecule has 0 atom stereocenters. The molecule has 17 heavy (non-hydrogen) atoms. The average molecular weight is 235 g/mol. The summed E-state index contributed by atoms with van der Waals surface area (Å²) in [7, 11) is 0. The van der Waals surface area contributed by atoms with Crippen LogP contribution in [0.15, 0.2) is 24.4 Å². The van der Waals surface area contributed by atoms with Gasteiger partial charge in [0, 0.05) is 11.6 Å². The number of aryl methyl sites for hydroxylation is 1. The van der Waals surface area contributed by atoms with Crippen LogP contribution in [0.4, 0.5) is 10.2 Å². The van der Waals surface area contributed by atoms with Crippen molar-refractivity contribution < 1.29 is 14.3 Å². The Morgan fingerprint density at radius 1 is 1.53 bits per heavy atom. The average Bonchev–Trinajstić information content (AvgIpc) is 2.64. The van der Waals surface area contributed by atoms with Gasteiger partial charge in [0.05, 0.1) is 11.8 Å². The van der Waals surface area contributed by atoms with Gasteiger partial charge in [0.2, 0.25) is 0 Å². The lowest BCUT2D eigenvalue weighted by molar-refractivity contribution is 0.102. The van der Waals surface area contributed by atoms with E-state index in [1.807, 2.05) is 0 Å². The van der Waals surface area contributed by atoms with E-state index in [0.29, 0.717) is 5.82 Å². The molecule has 0 saturated heterocycles. The van der Waals surface area contributed by atoms with Crippen LogP contribution in [0.25, 0.3) is 0 Å². The van der Waals surface area contributed by atoms with Crippen molar-refractivity contribution >= 4 is 11.7 Å². The number of anilines is 1. The molecular formula is C11H10FN3O2. The zero-order chi connectivity index (χ0) is 12.4. The van der Waals surface area contributed by atoms with E-state index in [1.54, 1.807) is 13.1 Å². The Labute approximate surface area is 96.3 Å². The van der Waals surface area contributed by atoms with Gasteiger partial charge in [0.25, 0.3) is 5.91 Å². The van der Waals surface area contributed by atoms with Gasteiger partial charge in [-0.2, -0.15) is 5.10 Å².